The van der Waals surface area contributed by atoms with E-state index in [1.54, 1.807) is 0 Å². The van der Waals surface area contributed by atoms with Crippen molar-refractivity contribution in [3.63, 3.8) is 0 Å². The van der Waals surface area contributed by atoms with Crippen molar-refractivity contribution >= 4 is 5.91 Å². The minimum atomic E-state index is 0.179. The highest BCUT2D eigenvalue weighted by atomic mass is 16.5. The van der Waals surface area contributed by atoms with Gasteiger partial charge in [0.05, 0.1) is 6.10 Å². The van der Waals surface area contributed by atoms with Crippen LogP contribution in [0.2, 0.25) is 0 Å². The lowest BCUT2D eigenvalue weighted by Gasteiger charge is -2.29. The number of ether oxygens (including phenoxy) is 1. The fourth-order valence-electron chi connectivity index (χ4n) is 3.02. The van der Waals surface area contributed by atoms with E-state index < -0.39 is 0 Å². The molecule has 0 heterocycles. The van der Waals surface area contributed by atoms with E-state index in [0.717, 1.165) is 25.9 Å². The number of likely N-dealkylation sites (N-methyl/N-ethyl adjacent to an activating group) is 1. The van der Waals surface area contributed by atoms with Gasteiger partial charge < -0.3 is 15.0 Å². The summed E-state index contributed by atoms with van der Waals surface area (Å²) in [6.07, 6.45) is 7.15. The molecule has 4 heteroatoms. The molecule has 0 aromatic carbocycles. The van der Waals surface area contributed by atoms with E-state index in [9.17, 15) is 4.79 Å². The quantitative estimate of drug-likeness (QED) is 0.767. The number of hydrogen-bond acceptors (Lipinski definition) is 3. The lowest BCUT2D eigenvalue weighted by molar-refractivity contribution is -0.139. The summed E-state index contributed by atoms with van der Waals surface area (Å²) in [5.74, 6) is 0.179. The summed E-state index contributed by atoms with van der Waals surface area (Å²) in [5, 5.41) is 3.49. The molecular formula is C15H28N2O2. The molecule has 1 amide bonds. The van der Waals surface area contributed by atoms with Crippen molar-refractivity contribution in [2.45, 2.75) is 70.6 Å². The van der Waals surface area contributed by atoms with E-state index >= 15 is 0 Å². The lowest BCUT2D eigenvalue weighted by atomic mass is 9.93. The van der Waals surface area contributed by atoms with Crippen molar-refractivity contribution in [2.24, 2.45) is 0 Å². The maximum absolute atomic E-state index is 12.1. The summed E-state index contributed by atoms with van der Waals surface area (Å²) in [5.41, 5.74) is 0. The Balaban J connectivity index is 1.64. The van der Waals surface area contributed by atoms with Crippen LogP contribution in [0, 0.1) is 0 Å². The fourth-order valence-corrected chi connectivity index (χ4v) is 3.02. The third-order valence-electron chi connectivity index (χ3n) is 4.26. The van der Waals surface area contributed by atoms with Crippen LogP contribution >= 0.6 is 0 Å². The number of carbonyl (C=O) groups excluding carboxylic acids is 1. The Morgan fingerprint density at radius 3 is 2.37 bits per heavy atom. The molecule has 4 nitrogen and oxygen atoms in total. The zero-order valence-corrected chi connectivity index (χ0v) is 12.4. The maximum atomic E-state index is 12.1. The van der Waals surface area contributed by atoms with Crippen LogP contribution in [-0.4, -0.2) is 48.7 Å². The molecule has 2 saturated carbocycles. The van der Waals surface area contributed by atoms with Crippen LogP contribution in [0.25, 0.3) is 0 Å². The molecule has 0 aromatic rings. The topological polar surface area (TPSA) is 41.6 Å². The number of rotatable bonds is 7. The first-order valence-corrected chi connectivity index (χ1v) is 7.89. The Labute approximate surface area is 116 Å². The molecule has 0 spiro atoms. The second-order valence-electron chi connectivity index (χ2n) is 5.75. The van der Waals surface area contributed by atoms with E-state index in [1.165, 1.54) is 25.7 Å². The molecule has 2 aliphatic carbocycles. The van der Waals surface area contributed by atoms with Gasteiger partial charge in [-0.2, -0.15) is 0 Å². The number of nitrogens with zero attached hydrogens (tertiary/aromatic N) is 1. The molecule has 110 valence electrons. The van der Waals surface area contributed by atoms with Gasteiger partial charge in [0.1, 0.15) is 6.61 Å². The number of carbonyl (C=O) groups is 1. The highest BCUT2D eigenvalue weighted by Crippen LogP contribution is 2.27. The Morgan fingerprint density at radius 2 is 1.84 bits per heavy atom. The van der Waals surface area contributed by atoms with Gasteiger partial charge in [-0.05, 0) is 52.0 Å². The van der Waals surface area contributed by atoms with Crippen LogP contribution in [0.15, 0.2) is 0 Å². The average molecular weight is 268 g/mol. The number of amides is 1. The minimum Gasteiger partial charge on any atom is -0.368 e. The molecule has 0 bridgehead atoms. The normalized spacial score (nSPS) is 27.3. The van der Waals surface area contributed by atoms with Gasteiger partial charge in [0.25, 0.3) is 0 Å². The summed E-state index contributed by atoms with van der Waals surface area (Å²) in [4.78, 5) is 14.0. The first-order valence-electron chi connectivity index (χ1n) is 7.89. The predicted octanol–water partition coefficient (Wildman–Crippen LogP) is 1.93. The third kappa shape index (κ3) is 4.46. The van der Waals surface area contributed by atoms with Crippen molar-refractivity contribution in [1.29, 1.82) is 0 Å². The Hall–Kier alpha value is -0.610. The molecule has 2 fully saturated rings. The monoisotopic (exact) mass is 268 g/mol. The highest BCUT2D eigenvalue weighted by Gasteiger charge is 2.31. The van der Waals surface area contributed by atoms with E-state index in [0.29, 0.717) is 12.1 Å². The van der Waals surface area contributed by atoms with Crippen molar-refractivity contribution in [2.75, 3.05) is 19.7 Å². The molecule has 19 heavy (non-hydrogen) atoms. The van der Waals surface area contributed by atoms with Crippen LogP contribution in [-0.2, 0) is 9.53 Å². The van der Waals surface area contributed by atoms with Crippen LogP contribution in [0.4, 0.5) is 0 Å². The van der Waals surface area contributed by atoms with Gasteiger partial charge in [0.15, 0.2) is 0 Å². The number of hydrogen-bond donors (Lipinski definition) is 1. The maximum Gasteiger partial charge on any atom is 0.248 e. The molecule has 0 radical (unpaired) electrons. The predicted molar refractivity (Wildman–Crippen MR) is 76.1 cm³/mol. The smallest absolute Gasteiger partial charge is 0.248 e. The summed E-state index contributed by atoms with van der Waals surface area (Å²) >= 11 is 0. The second-order valence-corrected chi connectivity index (χ2v) is 5.75. The largest absolute Gasteiger partial charge is 0.368 e. The highest BCUT2D eigenvalue weighted by molar-refractivity contribution is 5.78. The fraction of sp³-hybridized carbons (Fsp3) is 0.933. The van der Waals surface area contributed by atoms with Gasteiger partial charge in [-0.15, -0.1) is 0 Å². The van der Waals surface area contributed by atoms with Gasteiger partial charge >= 0.3 is 0 Å². The molecule has 2 rings (SSSR count). The summed E-state index contributed by atoms with van der Waals surface area (Å²) < 4.78 is 5.81. The van der Waals surface area contributed by atoms with Gasteiger partial charge in [0.2, 0.25) is 5.91 Å². The van der Waals surface area contributed by atoms with E-state index in [4.69, 9.17) is 4.74 Å². The van der Waals surface area contributed by atoms with Crippen molar-refractivity contribution in [3.8, 4) is 0 Å². The molecular weight excluding hydrogens is 240 g/mol. The molecule has 1 N–H and O–H groups in total. The van der Waals surface area contributed by atoms with Gasteiger partial charge in [-0.1, -0.05) is 6.92 Å². The molecule has 0 atom stereocenters. The van der Waals surface area contributed by atoms with E-state index in [2.05, 4.69) is 19.2 Å². The van der Waals surface area contributed by atoms with Crippen LogP contribution in [0.3, 0.4) is 0 Å². The standard InChI is InChI=1S/C15H28N2O2/c1-3-16-12-5-9-14(10-6-12)19-11-15(18)17(4-2)13-7-8-13/h12-14,16H,3-11H2,1-2H3. The van der Waals surface area contributed by atoms with Gasteiger partial charge in [-0.25, -0.2) is 0 Å². The van der Waals surface area contributed by atoms with Crippen LogP contribution in [0.1, 0.15) is 52.4 Å². The lowest BCUT2D eigenvalue weighted by Crippen LogP contribution is -2.39. The molecule has 2 aliphatic rings. The minimum absolute atomic E-state index is 0.179. The third-order valence-corrected chi connectivity index (χ3v) is 4.26. The average Bonchev–Trinajstić information content (AvgIpc) is 3.24. The van der Waals surface area contributed by atoms with Gasteiger partial charge in [0, 0.05) is 18.6 Å². The van der Waals surface area contributed by atoms with Crippen LogP contribution in [0.5, 0.6) is 0 Å². The summed E-state index contributed by atoms with van der Waals surface area (Å²) in [7, 11) is 0. The molecule has 0 aromatic heterocycles. The van der Waals surface area contributed by atoms with Crippen molar-refractivity contribution in [3.05, 3.63) is 0 Å². The van der Waals surface area contributed by atoms with Crippen molar-refractivity contribution < 1.29 is 9.53 Å². The molecule has 0 aliphatic heterocycles. The van der Waals surface area contributed by atoms with E-state index in [-0.39, 0.29) is 18.6 Å². The zero-order chi connectivity index (χ0) is 13.7. The first kappa shape index (κ1) is 14.8. The van der Waals surface area contributed by atoms with Gasteiger partial charge in [-0.3, -0.25) is 4.79 Å². The Bertz CT molecular complexity index is 284. The molecule has 0 saturated heterocycles. The SMILES string of the molecule is CCNC1CCC(OCC(=O)N(CC)C2CC2)CC1. The van der Waals surface area contributed by atoms with Crippen LogP contribution < -0.4 is 5.32 Å². The summed E-state index contributed by atoms with van der Waals surface area (Å²) in [6.45, 7) is 6.35. The first-order chi connectivity index (χ1) is 9.24. The molecule has 0 unspecified atom stereocenters. The number of nitrogens with one attached hydrogen (secondary N) is 1. The Kier molecular flexibility index (Phi) is 5.64. The zero-order valence-electron chi connectivity index (χ0n) is 12.4. The second kappa shape index (κ2) is 7.25. The van der Waals surface area contributed by atoms with Crippen molar-refractivity contribution in [1.82, 2.24) is 10.2 Å². The Morgan fingerprint density at radius 1 is 1.16 bits per heavy atom. The van der Waals surface area contributed by atoms with E-state index in [1.807, 2.05) is 4.90 Å². The summed E-state index contributed by atoms with van der Waals surface area (Å²) in [6, 6.07) is 1.16.